The van der Waals surface area contributed by atoms with Gasteiger partial charge in [-0.3, -0.25) is 14.6 Å². The van der Waals surface area contributed by atoms with E-state index in [1.165, 1.54) is 6.07 Å². The highest BCUT2D eigenvalue weighted by atomic mass is 19.1. The quantitative estimate of drug-likeness (QED) is 0.895. The van der Waals surface area contributed by atoms with Crippen LogP contribution in [0.15, 0.2) is 48.7 Å². The van der Waals surface area contributed by atoms with Crippen LogP contribution >= 0.6 is 0 Å². The molecule has 136 valence electrons. The summed E-state index contributed by atoms with van der Waals surface area (Å²) in [6.07, 6.45) is 3.00. The van der Waals surface area contributed by atoms with E-state index in [1.807, 2.05) is 18.2 Å². The van der Waals surface area contributed by atoms with Crippen LogP contribution in [0.5, 0.6) is 0 Å². The summed E-state index contributed by atoms with van der Waals surface area (Å²) in [6, 6.07) is 11.9. The summed E-state index contributed by atoms with van der Waals surface area (Å²) in [4.78, 5) is 30.5. The second-order valence-corrected chi connectivity index (χ2v) is 6.46. The van der Waals surface area contributed by atoms with Crippen LogP contribution in [0.1, 0.15) is 24.1 Å². The molecule has 0 aliphatic carbocycles. The fourth-order valence-electron chi connectivity index (χ4n) is 3.13. The largest absolute Gasteiger partial charge is 0.350 e. The molecule has 0 bridgehead atoms. The lowest BCUT2D eigenvalue weighted by molar-refractivity contribution is -0.135. The summed E-state index contributed by atoms with van der Waals surface area (Å²) < 4.78 is 13.7. The Morgan fingerprint density at radius 3 is 2.54 bits per heavy atom. The first-order valence-electron chi connectivity index (χ1n) is 8.82. The molecule has 1 N–H and O–H groups in total. The molecule has 1 aromatic heterocycles. The molecule has 0 radical (unpaired) electrons. The number of pyridine rings is 1. The number of halogens is 1. The number of likely N-dealkylation sites (tertiary alicyclic amines) is 1. The predicted octanol–water partition coefficient (Wildman–Crippen LogP) is 2.32. The van der Waals surface area contributed by atoms with Gasteiger partial charge in [0, 0.05) is 25.2 Å². The number of amides is 2. The average molecular weight is 355 g/mol. The van der Waals surface area contributed by atoms with Crippen molar-refractivity contribution < 1.29 is 14.0 Å². The zero-order chi connectivity index (χ0) is 18.4. The highest BCUT2D eigenvalue weighted by molar-refractivity contribution is 5.81. The monoisotopic (exact) mass is 355 g/mol. The Morgan fingerprint density at radius 1 is 1.12 bits per heavy atom. The van der Waals surface area contributed by atoms with E-state index < -0.39 is 0 Å². The van der Waals surface area contributed by atoms with Gasteiger partial charge >= 0.3 is 0 Å². The summed E-state index contributed by atoms with van der Waals surface area (Å²) in [5.41, 5.74) is 1.23. The standard InChI is InChI=1S/C20H22FN3O2/c21-18-7-2-1-5-16(18)13-19(25)24-11-8-15(9-12-24)20(26)23-14-17-6-3-4-10-22-17/h1-7,10,15H,8-9,11-14H2,(H,23,26). The van der Waals surface area contributed by atoms with Gasteiger partial charge in [-0.1, -0.05) is 24.3 Å². The number of piperidine rings is 1. The Bertz CT molecular complexity index is 759. The number of hydrogen-bond acceptors (Lipinski definition) is 3. The van der Waals surface area contributed by atoms with Gasteiger partial charge in [-0.2, -0.15) is 0 Å². The van der Waals surface area contributed by atoms with Gasteiger partial charge in [0.25, 0.3) is 0 Å². The van der Waals surface area contributed by atoms with E-state index in [1.54, 1.807) is 29.3 Å². The first kappa shape index (κ1) is 18.0. The molecule has 1 aliphatic heterocycles. The molecule has 1 aliphatic rings. The normalized spacial score (nSPS) is 14.9. The van der Waals surface area contributed by atoms with Crippen LogP contribution < -0.4 is 5.32 Å². The molecular weight excluding hydrogens is 333 g/mol. The molecule has 0 spiro atoms. The van der Waals surface area contributed by atoms with Crippen molar-refractivity contribution in [3.05, 3.63) is 65.7 Å². The molecule has 3 rings (SSSR count). The zero-order valence-electron chi connectivity index (χ0n) is 14.5. The molecule has 0 atom stereocenters. The van der Waals surface area contributed by atoms with Crippen molar-refractivity contribution in [1.82, 2.24) is 15.2 Å². The molecule has 5 nitrogen and oxygen atoms in total. The number of carbonyl (C=O) groups is 2. The van der Waals surface area contributed by atoms with Crippen LogP contribution in [0.2, 0.25) is 0 Å². The van der Waals surface area contributed by atoms with Gasteiger partial charge in [-0.05, 0) is 36.6 Å². The SMILES string of the molecule is O=C(NCc1ccccn1)C1CCN(C(=O)Cc2ccccc2F)CC1. The average Bonchev–Trinajstić information content (AvgIpc) is 2.69. The van der Waals surface area contributed by atoms with Crippen molar-refractivity contribution in [2.24, 2.45) is 5.92 Å². The summed E-state index contributed by atoms with van der Waals surface area (Å²) in [6.45, 7) is 1.45. The Labute approximate surface area is 152 Å². The van der Waals surface area contributed by atoms with Crippen molar-refractivity contribution in [3.63, 3.8) is 0 Å². The number of benzene rings is 1. The molecule has 26 heavy (non-hydrogen) atoms. The maximum Gasteiger partial charge on any atom is 0.227 e. The minimum absolute atomic E-state index is 0.00291. The molecule has 1 fully saturated rings. The highest BCUT2D eigenvalue weighted by Gasteiger charge is 2.27. The van der Waals surface area contributed by atoms with Gasteiger partial charge in [-0.15, -0.1) is 0 Å². The molecule has 6 heteroatoms. The molecule has 2 aromatic rings. The van der Waals surface area contributed by atoms with Gasteiger partial charge < -0.3 is 10.2 Å². The van der Waals surface area contributed by atoms with Crippen LogP contribution in [-0.4, -0.2) is 34.8 Å². The third-order valence-corrected chi connectivity index (χ3v) is 4.69. The topological polar surface area (TPSA) is 62.3 Å². The summed E-state index contributed by atoms with van der Waals surface area (Å²) in [5.74, 6) is -0.555. The number of carbonyl (C=O) groups excluding carboxylic acids is 2. The van der Waals surface area contributed by atoms with Crippen molar-refractivity contribution in [1.29, 1.82) is 0 Å². The van der Waals surface area contributed by atoms with Crippen molar-refractivity contribution in [2.45, 2.75) is 25.8 Å². The van der Waals surface area contributed by atoms with E-state index in [2.05, 4.69) is 10.3 Å². The van der Waals surface area contributed by atoms with Gasteiger partial charge in [0.15, 0.2) is 0 Å². The minimum Gasteiger partial charge on any atom is -0.350 e. The van der Waals surface area contributed by atoms with Gasteiger partial charge in [0.1, 0.15) is 5.82 Å². The highest BCUT2D eigenvalue weighted by Crippen LogP contribution is 2.19. The van der Waals surface area contributed by atoms with Crippen LogP contribution in [0.25, 0.3) is 0 Å². The van der Waals surface area contributed by atoms with Crippen molar-refractivity contribution >= 4 is 11.8 Å². The van der Waals surface area contributed by atoms with E-state index >= 15 is 0 Å². The van der Waals surface area contributed by atoms with Crippen LogP contribution in [0.4, 0.5) is 4.39 Å². The van der Waals surface area contributed by atoms with Crippen LogP contribution in [-0.2, 0) is 22.6 Å². The molecule has 0 saturated carbocycles. The summed E-state index contributed by atoms with van der Waals surface area (Å²) in [7, 11) is 0. The van der Waals surface area contributed by atoms with Gasteiger partial charge in [-0.25, -0.2) is 4.39 Å². The Morgan fingerprint density at radius 2 is 1.85 bits per heavy atom. The minimum atomic E-state index is -0.357. The van der Waals surface area contributed by atoms with E-state index in [9.17, 15) is 14.0 Å². The maximum absolute atomic E-state index is 13.7. The smallest absolute Gasteiger partial charge is 0.227 e. The Balaban J connectivity index is 1.45. The van der Waals surface area contributed by atoms with Crippen LogP contribution in [0.3, 0.4) is 0 Å². The predicted molar refractivity (Wildman–Crippen MR) is 95.5 cm³/mol. The number of aromatic nitrogens is 1. The van der Waals surface area contributed by atoms with Crippen LogP contribution in [0, 0.1) is 11.7 Å². The first-order chi connectivity index (χ1) is 12.6. The molecule has 0 unspecified atom stereocenters. The summed E-state index contributed by atoms with van der Waals surface area (Å²) in [5, 5.41) is 2.91. The third kappa shape index (κ3) is 4.65. The second kappa shape index (κ2) is 8.56. The number of nitrogens with zero attached hydrogens (tertiary/aromatic N) is 2. The van der Waals surface area contributed by atoms with E-state index in [-0.39, 0.29) is 30.0 Å². The number of nitrogens with one attached hydrogen (secondary N) is 1. The van der Waals surface area contributed by atoms with Gasteiger partial charge in [0.05, 0.1) is 18.7 Å². The Kier molecular flexibility index (Phi) is 5.94. The van der Waals surface area contributed by atoms with Crippen molar-refractivity contribution in [2.75, 3.05) is 13.1 Å². The second-order valence-electron chi connectivity index (χ2n) is 6.46. The number of hydrogen-bond donors (Lipinski definition) is 1. The van der Waals surface area contributed by atoms with Gasteiger partial charge in [0.2, 0.25) is 11.8 Å². The first-order valence-corrected chi connectivity index (χ1v) is 8.82. The molecular formula is C20H22FN3O2. The molecule has 1 saturated heterocycles. The lowest BCUT2D eigenvalue weighted by Gasteiger charge is -2.31. The summed E-state index contributed by atoms with van der Waals surface area (Å²) >= 11 is 0. The third-order valence-electron chi connectivity index (χ3n) is 4.69. The molecule has 2 amide bonds. The maximum atomic E-state index is 13.7. The lowest BCUT2D eigenvalue weighted by atomic mass is 9.95. The van der Waals surface area contributed by atoms with E-state index in [0.29, 0.717) is 38.0 Å². The number of rotatable bonds is 5. The van der Waals surface area contributed by atoms with E-state index in [4.69, 9.17) is 0 Å². The molecule has 1 aromatic carbocycles. The zero-order valence-corrected chi connectivity index (χ0v) is 14.5. The lowest BCUT2D eigenvalue weighted by Crippen LogP contribution is -2.43. The fraction of sp³-hybridized carbons (Fsp3) is 0.350. The van der Waals surface area contributed by atoms with E-state index in [0.717, 1.165) is 5.69 Å². The fourth-order valence-corrected chi connectivity index (χ4v) is 3.13. The molecule has 2 heterocycles. The Hall–Kier alpha value is -2.76. The van der Waals surface area contributed by atoms with Crippen molar-refractivity contribution in [3.8, 4) is 0 Å².